The molecule has 2 atom stereocenters. The van der Waals surface area contributed by atoms with Crippen LogP contribution in [0.15, 0.2) is 12.2 Å². The Hall–Kier alpha value is -0.340. The van der Waals surface area contributed by atoms with Gasteiger partial charge in [-0.05, 0) is 32.7 Å². The van der Waals surface area contributed by atoms with E-state index in [1.54, 1.807) is 0 Å². The molecule has 90 valence electrons. The van der Waals surface area contributed by atoms with Crippen LogP contribution in [-0.4, -0.2) is 25.3 Å². The fourth-order valence-electron chi connectivity index (χ4n) is 1.91. The van der Waals surface area contributed by atoms with Gasteiger partial charge < -0.3 is 10.1 Å². The Morgan fingerprint density at radius 3 is 2.27 bits per heavy atom. The highest BCUT2D eigenvalue weighted by molar-refractivity contribution is 4.96. The molecule has 0 aromatic rings. The van der Waals surface area contributed by atoms with Crippen LogP contribution >= 0.6 is 0 Å². The Balaban J connectivity index is 4.43. The molecule has 0 radical (unpaired) electrons. The van der Waals surface area contributed by atoms with Crippen molar-refractivity contribution in [2.75, 3.05) is 13.2 Å². The molecule has 0 spiro atoms. The fourth-order valence-corrected chi connectivity index (χ4v) is 1.91. The normalized spacial score (nSPS) is 15.3. The van der Waals surface area contributed by atoms with Gasteiger partial charge >= 0.3 is 0 Å². The minimum atomic E-state index is 0.284. The lowest BCUT2D eigenvalue weighted by atomic mass is 9.94. The summed E-state index contributed by atoms with van der Waals surface area (Å²) in [6.45, 7) is 16.4. The van der Waals surface area contributed by atoms with E-state index in [1.807, 2.05) is 0 Å². The van der Waals surface area contributed by atoms with Gasteiger partial charge in [0.25, 0.3) is 0 Å². The van der Waals surface area contributed by atoms with Crippen molar-refractivity contribution in [3.05, 3.63) is 12.2 Å². The largest absolute Gasteiger partial charge is 0.377 e. The van der Waals surface area contributed by atoms with Gasteiger partial charge in [-0.3, -0.25) is 0 Å². The molecule has 15 heavy (non-hydrogen) atoms. The molecule has 0 amide bonds. The lowest BCUT2D eigenvalue weighted by Gasteiger charge is -2.30. The van der Waals surface area contributed by atoms with Gasteiger partial charge in [0.05, 0.1) is 6.10 Å². The van der Waals surface area contributed by atoms with E-state index in [2.05, 4.69) is 46.5 Å². The smallest absolute Gasteiger partial charge is 0.0753 e. The van der Waals surface area contributed by atoms with Crippen molar-refractivity contribution in [3.63, 3.8) is 0 Å². The van der Waals surface area contributed by atoms with Gasteiger partial charge in [-0.25, -0.2) is 0 Å². The zero-order valence-electron chi connectivity index (χ0n) is 11.0. The second-order valence-electron chi connectivity index (χ2n) is 4.49. The number of hydrogen-bond donors (Lipinski definition) is 1. The minimum Gasteiger partial charge on any atom is -0.377 e. The first-order valence-electron chi connectivity index (χ1n) is 6.02. The molecule has 0 fully saturated rings. The van der Waals surface area contributed by atoms with Crippen molar-refractivity contribution in [2.45, 2.75) is 53.2 Å². The molecule has 0 aromatic heterocycles. The molecule has 0 bridgehead atoms. The van der Waals surface area contributed by atoms with Crippen LogP contribution in [0.4, 0.5) is 0 Å². The van der Waals surface area contributed by atoms with Crippen molar-refractivity contribution in [3.8, 4) is 0 Å². The summed E-state index contributed by atoms with van der Waals surface area (Å²) in [5.41, 5.74) is 1.21. The third kappa shape index (κ3) is 5.95. The van der Waals surface area contributed by atoms with Crippen molar-refractivity contribution in [1.29, 1.82) is 0 Å². The number of ether oxygens (including phenoxy) is 1. The van der Waals surface area contributed by atoms with Crippen LogP contribution in [0.3, 0.4) is 0 Å². The third-order valence-corrected chi connectivity index (χ3v) is 2.45. The Bertz CT molecular complexity index is 177. The van der Waals surface area contributed by atoms with Crippen LogP contribution < -0.4 is 5.32 Å². The van der Waals surface area contributed by atoms with Crippen molar-refractivity contribution in [1.82, 2.24) is 5.32 Å². The average molecular weight is 213 g/mol. The van der Waals surface area contributed by atoms with E-state index in [0.717, 1.165) is 19.6 Å². The third-order valence-electron chi connectivity index (χ3n) is 2.45. The second kappa shape index (κ2) is 7.89. The highest BCUT2D eigenvalue weighted by Crippen LogP contribution is 2.16. The van der Waals surface area contributed by atoms with E-state index >= 15 is 0 Å². The highest BCUT2D eigenvalue weighted by Gasteiger charge is 2.23. The quantitative estimate of drug-likeness (QED) is 0.626. The molecule has 0 saturated heterocycles. The molecular formula is C13H27NO. The lowest BCUT2D eigenvalue weighted by Crippen LogP contribution is -2.44. The molecule has 0 saturated carbocycles. The monoisotopic (exact) mass is 213 g/mol. The van der Waals surface area contributed by atoms with Gasteiger partial charge in [-0.2, -0.15) is 0 Å². The van der Waals surface area contributed by atoms with E-state index in [0.29, 0.717) is 12.0 Å². The second-order valence-corrected chi connectivity index (χ2v) is 4.49. The SMILES string of the molecule is C=C(C)CC(NCC)C(OCC)C(C)C. The summed E-state index contributed by atoms with van der Waals surface area (Å²) in [5.74, 6) is 0.536. The van der Waals surface area contributed by atoms with Crippen molar-refractivity contribution in [2.24, 2.45) is 5.92 Å². The molecule has 0 aliphatic heterocycles. The Morgan fingerprint density at radius 2 is 1.93 bits per heavy atom. The number of likely N-dealkylation sites (N-methyl/N-ethyl adjacent to an activating group) is 1. The molecule has 0 rings (SSSR count). The van der Waals surface area contributed by atoms with Gasteiger partial charge in [0.15, 0.2) is 0 Å². The van der Waals surface area contributed by atoms with Crippen LogP contribution in [0.25, 0.3) is 0 Å². The van der Waals surface area contributed by atoms with Gasteiger partial charge in [0, 0.05) is 12.6 Å². The van der Waals surface area contributed by atoms with Gasteiger partial charge in [-0.1, -0.05) is 26.3 Å². The zero-order chi connectivity index (χ0) is 11.8. The first-order valence-corrected chi connectivity index (χ1v) is 6.02. The van der Waals surface area contributed by atoms with E-state index in [-0.39, 0.29) is 6.10 Å². The maximum Gasteiger partial charge on any atom is 0.0753 e. The van der Waals surface area contributed by atoms with Gasteiger partial charge in [0.1, 0.15) is 0 Å². The first kappa shape index (κ1) is 14.7. The van der Waals surface area contributed by atoms with Crippen LogP contribution in [0.1, 0.15) is 41.0 Å². The Labute approximate surface area is 95.1 Å². The highest BCUT2D eigenvalue weighted by atomic mass is 16.5. The summed E-state index contributed by atoms with van der Waals surface area (Å²) < 4.78 is 5.82. The van der Waals surface area contributed by atoms with E-state index in [9.17, 15) is 0 Å². The summed E-state index contributed by atoms with van der Waals surface area (Å²) in [6.07, 6.45) is 1.28. The maximum absolute atomic E-state index is 5.82. The summed E-state index contributed by atoms with van der Waals surface area (Å²) in [4.78, 5) is 0. The first-order chi connectivity index (χ1) is 7.02. The lowest BCUT2D eigenvalue weighted by molar-refractivity contribution is 0.00400. The molecule has 2 nitrogen and oxygen atoms in total. The van der Waals surface area contributed by atoms with Gasteiger partial charge in [0.2, 0.25) is 0 Å². The maximum atomic E-state index is 5.82. The molecule has 2 unspecified atom stereocenters. The molecule has 0 heterocycles. The summed E-state index contributed by atoms with van der Waals surface area (Å²) in [7, 11) is 0. The predicted octanol–water partition coefficient (Wildman–Crippen LogP) is 2.99. The molecular weight excluding hydrogens is 186 g/mol. The van der Waals surface area contributed by atoms with Crippen LogP contribution in [0, 0.1) is 5.92 Å². The van der Waals surface area contributed by atoms with Crippen molar-refractivity contribution >= 4 is 0 Å². The Kier molecular flexibility index (Phi) is 7.71. The van der Waals surface area contributed by atoms with Crippen molar-refractivity contribution < 1.29 is 4.74 Å². The number of rotatable bonds is 8. The molecule has 1 N–H and O–H groups in total. The standard InChI is InChI=1S/C13H27NO/c1-7-14-12(9-10(3)4)13(11(5)6)15-8-2/h11-14H,3,7-9H2,1-2,4-6H3. The van der Waals surface area contributed by atoms with E-state index < -0.39 is 0 Å². The predicted molar refractivity (Wildman–Crippen MR) is 67.1 cm³/mol. The van der Waals surface area contributed by atoms with Crippen LogP contribution in [-0.2, 0) is 4.74 Å². The minimum absolute atomic E-state index is 0.284. The molecule has 0 aliphatic rings. The van der Waals surface area contributed by atoms with Crippen LogP contribution in [0.2, 0.25) is 0 Å². The fraction of sp³-hybridized carbons (Fsp3) is 0.846. The summed E-state index contributed by atoms with van der Waals surface area (Å²) in [6, 6.07) is 0.396. The Morgan fingerprint density at radius 1 is 1.33 bits per heavy atom. The average Bonchev–Trinajstić information content (AvgIpc) is 2.12. The number of hydrogen-bond acceptors (Lipinski definition) is 2. The topological polar surface area (TPSA) is 21.3 Å². The van der Waals surface area contributed by atoms with Crippen LogP contribution in [0.5, 0.6) is 0 Å². The molecule has 0 aromatic carbocycles. The summed E-state index contributed by atoms with van der Waals surface area (Å²) >= 11 is 0. The molecule has 2 heteroatoms. The van der Waals surface area contributed by atoms with E-state index in [1.165, 1.54) is 5.57 Å². The van der Waals surface area contributed by atoms with E-state index in [4.69, 9.17) is 4.74 Å². The van der Waals surface area contributed by atoms with Gasteiger partial charge in [-0.15, -0.1) is 6.58 Å². The zero-order valence-corrected chi connectivity index (χ0v) is 11.0. The number of nitrogens with one attached hydrogen (secondary N) is 1. The molecule has 0 aliphatic carbocycles. The summed E-state index contributed by atoms with van der Waals surface area (Å²) in [5, 5.41) is 3.49.